The maximum Gasteiger partial charge on any atom is 0.0637 e. The van der Waals surface area contributed by atoms with Gasteiger partial charge in [-0.2, -0.15) is 0 Å². The van der Waals surface area contributed by atoms with Crippen LogP contribution >= 0.6 is 8.15 Å². The van der Waals surface area contributed by atoms with Gasteiger partial charge in [0.1, 0.15) is 0 Å². The summed E-state index contributed by atoms with van der Waals surface area (Å²) in [7, 11) is 1.92. The van der Waals surface area contributed by atoms with Crippen molar-refractivity contribution in [2.75, 3.05) is 26.9 Å². The molecule has 1 aliphatic rings. The minimum absolute atomic E-state index is 0.248. The highest BCUT2D eigenvalue weighted by Crippen LogP contribution is 2.50. The Hall–Kier alpha value is 0.350. The van der Waals surface area contributed by atoms with Gasteiger partial charge < -0.3 is 4.52 Å². The van der Waals surface area contributed by atoms with E-state index in [4.69, 9.17) is 4.52 Å². The molecule has 1 unspecified atom stereocenters. The zero-order chi connectivity index (χ0) is 7.78. The van der Waals surface area contributed by atoms with E-state index in [1.807, 2.05) is 0 Å². The Kier molecular flexibility index (Phi) is 2.34. The van der Waals surface area contributed by atoms with E-state index in [9.17, 15) is 0 Å². The minimum atomic E-state index is -0.248. The largest absolute Gasteiger partial charge is 0.356 e. The first kappa shape index (κ1) is 8.45. The summed E-state index contributed by atoms with van der Waals surface area (Å²) in [5, 5.41) is 0.271. The second kappa shape index (κ2) is 2.77. The maximum absolute atomic E-state index is 5.59. The summed E-state index contributed by atoms with van der Waals surface area (Å²) in [6, 6.07) is 0. The van der Waals surface area contributed by atoms with Gasteiger partial charge in [-0.3, -0.25) is 4.90 Å². The Labute approximate surface area is 64.4 Å². The number of likely N-dealkylation sites (N-methyl/N-ethyl adjacent to an activating group) is 1. The van der Waals surface area contributed by atoms with E-state index >= 15 is 0 Å². The summed E-state index contributed by atoms with van der Waals surface area (Å²) in [5.74, 6) is 0. The number of hydrogen-bond acceptors (Lipinski definition) is 2. The van der Waals surface area contributed by atoms with Crippen molar-refractivity contribution in [3.8, 4) is 0 Å². The molecule has 1 atom stereocenters. The van der Waals surface area contributed by atoms with Crippen LogP contribution in [0.15, 0.2) is 0 Å². The highest BCUT2D eigenvalue weighted by Gasteiger charge is 2.34. The quantitative estimate of drug-likeness (QED) is 0.501. The van der Waals surface area contributed by atoms with Crippen molar-refractivity contribution in [3.63, 3.8) is 0 Å². The molecule has 60 valence electrons. The van der Waals surface area contributed by atoms with Gasteiger partial charge in [0, 0.05) is 14.7 Å². The molecule has 0 N–H and O–H groups in total. The van der Waals surface area contributed by atoms with Gasteiger partial charge in [0.15, 0.2) is 0 Å². The minimum Gasteiger partial charge on any atom is -0.356 e. The topological polar surface area (TPSA) is 12.5 Å². The molecule has 1 aliphatic heterocycles. The predicted molar refractivity (Wildman–Crippen MR) is 45.5 cm³/mol. The average Bonchev–Trinajstić information content (AvgIpc) is 1.84. The molecule has 0 aliphatic carbocycles. The monoisotopic (exact) mass is 161 g/mol. The third kappa shape index (κ3) is 1.34. The maximum atomic E-state index is 5.59. The molecule has 0 aromatic carbocycles. The smallest absolute Gasteiger partial charge is 0.0637 e. The van der Waals surface area contributed by atoms with Crippen LogP contribution in [-0.2, 0) is 4.52 Å². The van der Waals surface area contributed by atoms with Crippen LogP contribution in [0, 0.1) is 0 Å². The van der Waals surface area contributed by atoms with Gasteiger partial charge in [-0.1, -0.05) is 0 Å². The van der Waals surface area contributed by atoms with Gasteiger partial charge in [0.05, 0.1) is 11.9 Å². The summed E-state index contributed by atoms with van der Waals surface area (Å²) in [6.45, 7) is 8.67. The molecular weight excluding hydrogens is 145 g/mol. The van der Waals surface area contributed by atoms with Crippen LogP contribution in [0.2, 0.25) is 0 Å². The van der Waals surface area contributed by atoms with Gasteiger partial charge in [-0.05, 0) is 27.6 Å². The average molecular weight is 161 g/mol. The molecule has 3 heteroatoms. The van der Waals surface area contributed by atoms with Crippen LogP contribution < -0.4 is 0 Å². The van der Waals surface area contributed by atoms with Gasteiger partial charge >= 0.3 is 0 Å². The van der Waals surface area contributed by atoms with Crippen LogP contribution in [-0.4, -0.2) is 37.0 Å². The van der Waals surface area contributed by atoms with Crippen molar-refractivity contribution in [2.24, 2.45) is 0 Å². The van der Waals surface area contributed by atoms with Crippen LogP contribution in [0.1, 0.15) is 13.8 Å². The van der Waals surface area contributed by atoms with E-state index < -0.39 is 0 Å². The van der Waals surface area contributed by atoms with Gasteiger partial charge in [0.25, 0.3) is 0 Å². The zero-order valence-electron chi connectivity index (χ0n) is 7.22. The van der Waals surface area contributed by atoms with E-state index in [-0.39, 0.29) is 13.4 Å². The summed E-state index contributed by atoms with van der Waals surface area (Å²) in [5.41, 5.74) is 0. The molecule has 0 amide bonds. The molecule has 0 bridgehead atoms. The fourth-order valence-corrected chi connectivity index (χ4v) is 2.24. The lowest BCUT2D eigenvalue weighted by molar-refractivity contribution is 0.145. The normalized spacial score (nSPS) is 34.2. The Bertz CT molecular complexity index is 115. The predicted octanol–water partition coefficient (Wildman–Crippen LogP) is 1.71. The van der Waals surface area contributed by atoms with Gasteiger partial charge in [-0.25, -0.2) is 0 Å². The fraction of sp³-hybridized carbons (Fsp3) is 1.00. The van der Waals surface area contributed by atoms with E-state index in [0.717, 1.165) is 13.2 Å². The van der Waals surface area contributed by atoms with Crippen molar-refractivity contribution in [3.05, 3.63) is 0 Å². The first-order valence-corrected chi connectivity index (χ1v) is 5.34. The molecule has 0 saturated carbocycles. The molecule has 1 rings (SSSR count). The first-order valence-electron chi connectivity index (χ1n) is 3.63. The molecule has 10 heavy (non-hydrogen) atoms. The Balaban J connectivity index is 2.63. The van der Waals surface area contributed by atoms with Crippen molar-refractivity contribution in [1.29, 1.82) is 0 Å². The Morgan fingerprint density at radius 1 is 1.50 bits per heavy atom. The zero-order valence-corrected chi connectivity index (χ0v) is 8.11. The standard InChI is InChI=1S/C7H16NOP/c1-7(2)8(3)5-6-9-10(7)4/h5-6H2,1-4H3. The summed E-state index contributed by atoms with van der Waals surface area (Å²) in [4.78, 5) is 2.38. The van der Waals surface area contributed by atoms with Crippen molar-refractivity contribution in [1.82, 2.24) is 4.90 Å². The lowest BCUT2D eigenvalue weighted by atomic mass is 10.3. The van der Waals surface area contributed by atoms with Crippen LogP contribution in [0.3, 0.4) is 0 Å². The summed E-state index contributed by atoms with van der Waals surface area (Å²) < 4.78 is 5.59. The highest BCUT2D eigenvalue weighted by atomic mass is 31.1. The molecular formula is C7H16NOP. The van der Waals surface area contributed by atoms with E-state index in [1.165, 1.54) is 0 Å². The molecule has 0 radical (unpaired) electrons. The van der Waals surface area contributed by atoms with Crippen LogP contribution in [0.25, 0.3) is 0 Å². The Morgan fingerprint density at radius 3 is 2.50 bits per heavy atom. The molecule has 0 aromatic rings. The van der Waals surface area contributed by atoms with E-state index in [0.29, 0.717) is 0 Å². The number of hydrogen-bond donors (Lipinski definition) is 0. The number of rotatable bonds is 0. The van der Waals surface area contributed by atoms with E-state index in [2.05, 4.69) is 32.5 Å². The number of nitrogens with zero attached hydrogens (tertiary/aromatic N) is 1. The lowest BCUT2D eigenvalue weighted by Crippen LogP contribution is -2.44. The van der Waals surface area contributed by atoms with E-state index in [1.54, 1.807) is 0 Å². The highest BCUT2D eigenvalue weighted by molar-refractivity contribution is 7.53. The van der Waals surface area contributed by atoms with Gasteiger partial charge in [-0.15, -0.1) is 0 Å². The molecule has 2 nitrogen and oxygen atoms in total. The van der Waals surface area contributed by atoms with Crippen molar-refractivity contribution < 1.29 is 4.52 Å². The molecule has 1 saturated heterocycles. The van der Waals surface area contributed by atoms with Crippen molar-refractivity contribution in [2.45, 2.75) is 19.1 Å². The molecule has 1 fully saturated rings. The van der Waals surface area contributed by atoms with Crippen LogP contribution in [0.5, 0.6) is 0 Å². The third-order valence-corrected chi connectivity index (χ3v) is 4.87. The molecule has 1 heterocycles. The second-order valence-electron chi connectivity index (χ2n) is 3.25. The Morgan fingerprint density at radius 2 is 2.10 bits per heavy atom. The van der Waals surface area contributed by atoms with Crippen LogP contribution in [0.4, 0.5) is 0 Å². The molecule has 0 aromatic heterocycles. The lowest BCUT2D eigenvalue weighted by Gasteiger charge is -2.44. The SMILES string of the molecule is CN1CCOP(C)C1(C)C. The summed E-state index contributed by atoms with van der Waals surface area (Å²) in [6.07, 6.45) is 0. The summed E-state index contributed by atoms with van der Waals surface area (Å²) >= 11 is 0. The second-order valence-corrected chi connectivity index (χ2v) is 5.59. The van der Waals surface area contributed by atoms with Crippen molar-refractivity contribution >= 4 is 8.15 Å². The fourth-order valence-electron chi connectivity index (χ4n) is 0.987. The third-order valence-electron chi connectivity index (χ3n) is 2.42. The van der Waals surface area contributed by atoms with Gasteiger partial charge in [0.2, 0.25) is 0 Å². The first-order chi connectivity index (χ1) is 4.55. The molecule has 0 spiro atoms.